The molecular formula is C23H37IN6OS. The highest BCUT2D eigenvalue weighted by Gasteiger charge is 2.23. The van der Waals surface area contributed by atoms with E-state index in [9.17, 15) is 0 Å². The standard InChI is InChI=1S/C23H36N6OS.HI/c1-5-24-22(26-16-18-13-12-17(2)15-20(18)30-3)25-14-8-11-21-27-28-23(31-4)29(21)19-9-6-7-10-19;/h12-13,15,19H,5-11,14,16H2,1-4H3,(H2,24,25,26);1H. The van der Waals surface area contributed by atoms with Crippen LogP contribution in [0.3, 0.4) is 0 Å². The zero-order valence-corrected chi connectivity index (χ0v) is 22.8. The van der Waals surface area contributed by atoms with E-state index in [1.165, 1.54) is 31.2 Å². The second-order valence-electron chi connectivity index (χ2n) is 7.95. The molecule has 3 rings (SSSR count). The van der Waals surface area contributed by atoms with E-state index < -0.39 is 0 Å². The predicted octanol–water partition coefficient (Wildman–Crippen LogP) is 4.74. The second kappa shape index (κ2) is 13.9. The van der Waals surface area contributed by atoms with E-state index in [1.807, 2.05) is 0 Å². The zero-order chi connectivity index (χ0) is 22.1. The minimum atomic E-state index is 0. The molecule has 0 unspecified atom stereocenters. The first kappa shape index (κ1) is 26.8. The van der Waals surface area contributed by atoms with Crippen molar-refractivity contribution < 1.29 is 4.74 Å². The van der Waals surface area contributed by atoms with Gasteiger partial charge in [-0.05, 0) is 51.0 Å². The lowest BCUT2D eigenvalue weighted by molar-refractivity contribution is 0.409. The van der Waals surface area contributed by atoms with Gasteiger partial charge in [0.15, 0.2) is 11.1 Å². The molecule has 0 radical (unpaired) electrons. The van der Waals surface area contributed by atoms with Crippen LogP contribution in [0, 0.1) is 6.92 Å². The molecule has 1 fully saturated rings. The second-order valence-corrected chi connectivity index (χ2v) is 8.73. The Morgan fingerprint density at radius 1 is 1.25 bits per heavy atom. The zero-order valence-electron chi connectivity index (χ0n) is 19.7. The summed E-state index contributed by atoms with van der Waals surface area (Å²) < 4.78 is 7.89. The van der Waals surface area contributed by atoms with Crippen molar-refractivity contribution in [3.05, 3.63) is 35.2 Å². The molecule has 1 aliphatic carbocycles. The maximum atomic E-state index is 5.50. The highest BCUT2D eigenvalue weighted by molar-refractivity contribution is 14.0. The van der Waals surface area contributed by atoms with Crippen LogP contribution in [0.25, 0.3) is 0 Å². The summed E-state index contributed by atoms with van der Waals surface area (Å²) in [6, 6.07) is 6.80. The summed E-state index contributed by atoms with van der Waals surface area (Å²) >= 11 is 1.70. The van der Waals surface area contributed by atoms with Crippen molar-refractivity contribution in [3.8, 4) is 5.75 Å². The highest BCUT2D eigenvalue weighted by atomic mass is 127. The fourth-order valence-corrected chi connectivity index (χ4v) is 4.66. The Morgan fingerprint density at radius 3 is 2.72 bits per heavy atom. The summed E-state index contributed by atoms with van der Waals surface area (Å²) in [6.45, 7) is 6.38. The Kier molecular flexibility index (Phi) is 11.6. The maximum Gasteiger partial charge on any atom is 0.191 e. The molecule has 32 heavy (non-hydrogen) atoms. The molecule has 1 aliphatic rings. The molecule has 1 aromatic carbocycles. The summed E-state index contributed by atoms with van der Waals surface area (Å²) in [4.78, 5) is 4.74. The number of guanidine groups is 1. The molecule has 1 heterocycles. The van der Waals surface area contributed by atoms with E-state index in [0.29, 0.717) is 12.6 Å². The van der Waals surface area contributed by atoms with Crippen LogP contribution in [0.5, 0.6) is 5.75 Å². The maximum absolute atomic E-state index is 5.50. The molecule has 0 saturated heterocycles. The van der Waals surface area contributed by atoms with Crippen LogP contribution in [0.4, 0.5) is 0 Å². The van der Waals surface area contributed by atoms with Crippen molar-refractivity contribution in [1.29, 1.82) is 0 Å². The van der Waals surface area contributed by atoms with Crippen molar-refractivity contribution in [2.24, 2.45) is 4.99 Å². The van der Waals surface area contributed by atoms with E-state index in [1.54, 1.807) is 18.9 Å². The molecule has 178 valence electrons. The molecule has 0 atom stereocenters. The monoisotopic (exact) mass is 572 g/mol. The summed E-state index contributed by atoms with van der Waals surface area (Å²) in [5.41, 5.74) is 2.27. The minimum Gasteiger partial charge on any atom is -0.496 e. The third kappa shape index (κ3) is 7.26. The number of aromatic nitrogens is 3. The van der Waals surface area contributed by atoms with E-state index in [2.05, 4.69) is 63.7 Å². The van der Waals surface area contributed by atoms with Gasteiger partial charge in [0, 0.05) is 31.1 Å². The van der Waals surface area contributed by atoms with E-state index in [-0.39, 0.29) is 24.0 Å². The smallest absolute Gasteiger partial charge is 0.191 e. The lowest BCUT2D eigenvalue weighted by Crippen LogP contribution is -2.38. The Bertz CT molecular complexity index is 866. The lowest BCUT2D eigenvalue weighted by Gasteiger charge is -2.16. The molecule has 0 spiro atoms. The van der Waals surface area contributed by atoms with E-state index in [4.69, 9.17) is 9.73 Å². The number of hydrogen-bond acceptors (Lipinski definition) is 5. The van der Waals surface area contributed by atoms with Gasteiger partial charge in [-0.3, -0.25) is 0 Å². The van der Waals surface area contributed by atoms with Gasteiger partial charge in [0.2, 0.25) is 0 Å². The summed E-state index contributed by atoms with van der Waals surface area (Å²) in [6.07, 6.45) is 9.10. The Labute approximate surface area is 213 Å². The first-order valence-electron chi connectivity index (χ1n) is 11.3. The fourth-order valence-electron chi connectivity index (χ4n) is 4.09. The Hall–Kier alpha value is -1.49. The molecular weight excluding hydrogens is 535 g/mol. The van der Waals surface area contributed by atoms with Gasteiger partial charge in [-0.25, -0.2) is 4.99 Å². The minimum absolute atomic E-state index is 0. The summed E-state index contributed by atoms with van der Waals surface area (Å²) in [5, 5.41) is 16.7. The summed E-state index contributed by atoms with van der Waals surface area (Å²) in [5.74, 6) is 2.83. The molecule has 0 aliphatic heterocycles. The number of nitrogens with one attached hydrogen (secondary N) is 2. The molecule has 1 aromatic heterocycles. The number of benzene rings is 1. The number of halogens is 1. The van der Waals surface area contributed by atoms with Gasteiger partial charge in [-0.1, -0.05) is 36.7 Å². The number of rotatable bonds is 10. The van der Waals surface area contributed by atoms with E-state index in [0.717, 1.165) is 54.2 Å². The quantitative estimate of drug-likeness (QED) is 0.141. The molecule has 0 bridgehead atoms. The topological polar surface area (TPSA) is 76.4 Å². The van der Waals surface area contributed by atoms with Crippen molar-refractivity contribution in [1.82, 2.24) is 25.4 Å². The van der Waals surface area contributed by atoms with Gasteiger partial charge in [0.25, 0.3) is 0 Å². The van der Waals surface area contributed by atoms with Crippen LogP contribution in [0.15, 0.2) is 28.3 Å². The highest BCUT2D eigenvalue weighted by Crippen LogP contribution is 2.33. The SMILES string of the molecule is CCNC(=NCc1ccc(C)cc1OC)NCCCc1nnc(SC)n1C1CCCC1.I. The van der Waals surface area contributed by atoms with Crippen molar-refractivity contribution >= 4 is 41.7 Å². The van der Waals surface area contributed by atoms with Crippen LogP contribution < -0.4 is 15.4 Å². The average Bonchev–Trinajstić information content (AvgIpc) is 3.44. The van der Waals surface area contributed by atoms with Crippen LogP contribution >= 0.6 is 35.7 Å². The number of aryl methyl sites for hydroxylation is 2. The fraction of sp³-hybridized carbons (Fsp3) is 0.609. The number of methoxy groups -OCH3 is 1. The number of nitrogens with zero attached hydrogens (tertiary/aromatic N) is 4. The van der Waals surface area contributed by atoms with Gasteiger partial charge in [-0.2, -0.15) is 0 Å². The molecule has 9 heteroatoms. The molecule has 2 aromatic rings. The predicted molar refractivity (Wildman–Crippen MR) is 144 cm³/mol. The van der Waals surface area contributed by atoms with Gasteiger partial charge < -0.3 is 19.9 Å². The van der Waals surface area contributed by atoms with E-state index >= 15 is 0 Å². The largest absolute Gasteiger partial charge is 0.496 e. The van der Waals surface area contributed by atoms with Gasteiger partial charge >= 0.3 is 0 Å². The third-order valence-corrected chi connectivity index (χ3v) is 6.31. The normalized spacial score (nSPS) is 14.3. The van der Waals surface area contributed by atoms with Crippen LogP contribution in [-0.4, -0.2) is 47.2 Å². The number of hydrogen-bond donors (Lipinski definition) is 2. The van der Waals surface area contributed by atoms with Crippen LogP contribution in [-0.2, 0) is 13.0 Å². The molecule has 1 saturated carbocycles. The van der Waals surface area contributed by atoms with Gasteiger partial charge in [0.1, 0.15) is 11.6 Å². The summed E-state index contributed by atoms with van der Waals surface area (Å²) in [7, 11) is 1.71. The van der Waals surface area contributed by atoms with Crippen molar-refractivity contribution in [3.63, 3.8) is 0 Å². The third-order valence-electron chi connectivity index (χ3n) is 5.67. The van der Waals surface area contributed by atoms with Gasteiger partial charge in [0.05, 0.1) is 13.7 Å². The number of aliphatic imine (C=N–C) groups is 1. The van der Waals surface area contributed by atoms with Crippen LogP contribution in [0.1, 0.15) is 62.0 Å². The first-order valence-corrected chi connectivity index (χ1v) is 12.5. The molecule has 0 amide bonds. The van der Waals surface area contributed by atoms with Crippen molar-refractivity contribution in [2.75, 3.05) is 26.5 Å². The van der Waals surface area contributed by atoms with Crippen molar-refractivity contribution in [2.45, 2.75) is 70.1 Å². The molecule has 2 N–H and O–H groups in total. The first-order chi connectivity index (χ1) is 15.2. The van der Waals surface area contributed by atoms with Crippen LogP contribution in [0.2, 0.25) is 0 Å². The number of thioether (sulfide) groups is 1. The average molecular weight is 573 g/mol. The Morgan fingerprint density at radius 2 is 2.03 bits per heavy atom. The number of ether oxygens (including phenoxy) is 1. The molecule has 7 nitrogen and oxygen atoms in total. The lowest BCUT2D eigenvalue weighted by atomic mass is 10.1. The van der Waals surface area contributed by atoms with Gasteiger partial charge in [-0.15, -0.1) is 34.2 Å². The Balaban J connectivity index is 0.00000363.